The SMILES string of the molecule is CNc1ccc(C(=O)N(C)CC2CCOCC2)nn1. The number of hydrogen-bond donors (Lipinski definition) is 1. The van der Waals surface area contributed by atoms with Crippen molar-refractivity contribution in [2.45, 2.75) is 12.8 Å². The summed E-state index contributed by atoms with van der Waals surface area (Å²) in [7, 11) is 3.58. The fourth-order valence-electron chi connectivity index (χ4n) is 2.17. The van der Waals surface area contributed by atoms with Gasteiger partial charge in [-0.3, -0.25) is 4.79 Å². The summed E-state index contributed by atoms with van der Waals surface area (Å²) in [6, 6.07) is 3.45. The lowest BCUT2D eigenvalue weighted by Gasteiger charge is -2.26. The van der Waals surface area contributed by atoms with E-state index >= 15 is 0 Å². The van der Waals surface area contributed by atoms with Gasteiger partial charge in [-0.1, -0.05) is 0 Å². The molecule has 1 N–H and O–H groups in total. The van der Waals surface area contributed by atoms with Crippen LogP contribution in [0.25, 0.3) is 0 Å². The van der Waals surface area contributed by atoms with Crippen molar-refractivity contribution in [1.82, 2.24) is 15.1 Å². The third-order valence-corrected chi connectivity index (χ3v) is 3.36. The van der Waals surface area contributed by atoms with Gasteiger partial charge in [0, 0.05) is 33.9 Å². The lowest BCUT2D eigenvalue weighted by molar-refractivity contribution is 0.0494. The van der Waals surface area contributed by atoms with Gasteiger partial charge in [0.15, 0.2) is 5.69 Å². The van der Waals surface area contributed by atoms with Gasteiger partial charge < -0.3 is 15.0 Å². The molecule has 0 saturated carbocycles. The van der Waals surface area contributed by atoms with Crippen LogP contribution in [0.5, 0.6) is 0 Å². The van der Waals surface area contributed by atoms with E-state index in [0.717, 1.165) is 32.6 Å². The lowest BCUT2D eigenvalue weighted by atomic mass is 10.00. The van der Waals surface area contributed by atoms with E-state index in [1.54, 1.807) is 24.1 Å². The Morgan fingerprint density at radius 1 is 1.42 bits per heavy atom. The number of hydrogen-bond acceptors (Lipinski definition) is 5. The summed E-state index contributed by atoms with van der Waals surface area (Å²) in [6.45, 7) is 2.34. The van der Waals surface area contributed by atoms with Gasteiger partial charge in [-0.15, -0.1) is 10.2 Å². The van der Waals surface area contributed by atoms with Gasteiger partial charge in [-0.05, 0) is 30.9 Å². The predicted molar refractivity (Wildman–Crippen MR) is 72.1 cm³/mol. The Labute approximate surface area is 113 Å². The molecule has 1 aliphatic rings. The molecule has 0 bridgehead atoms. The summed E-state index contributed by atoms with van der Waals surface area (Å²) in [4.78, 5) is 13.9. The minimum absolute atomic E-state index is 0.0818. The molecule has 2 heterocycles. The Hall–Kier alpha value is -1.69. The third-order valence-electron chi connectivity index (χ3n) is 3.36. The highest BCUT2D eigenvalue weighted by Gasteiger charge is 2.20. The fourth-order valence-corrected chi connectivity index (χ4v) is 2.17. The van der Waals surface area contributed by atoms with E-state index in [4.69, 9.17) is 4.74 Å². The topological polar surface area (TPSA) is 67.4 Å². The zero-order valence-corrected chi connectivity index (χ0v) is 11.4. The minimum atomic E-state index is -0.0818. The molecule has 6 nitrogen and oxygen atoms in total. The summed E-state index contributed by atoms with van der Waals surface area (Å²) in [6.07, 6.45) is 2.03. The maximum Gasteiger partial charge on any atom is 0.274 e. The van der Waals surface area contributed by atoms with Crippen LogP contribution in [0.2, 0.25) is 0 Å². The second-order valence-electron chi connectivity index (χ2n) is 4.80. The van der Waals surface area contributed by atoms with Crippen molar-refractivity contribution in [1.29, 1.82) is 0 Å². The lowest BCUT2D eigenvalue weighted by Crippen LogP contribution is -2.34. The molecule has 0 spiro atoms. The number of carbonyl (C=O) groups is 1. The number of nitrogens with zero attached hydrogens (tertiary/aromatic N) is 3. The fraction of sp³-hybridized carbons (Fsp3) is 0.615. The van der Waals surface area contributed by atoms with Gasteiger partial charge in [0.1, 0.15) is 5.82 Å². The van der Waals surface area contributed by atoms with Gasteiger partial charge in [0.25, 0.3) is 5.91 Å². The highest BCUT2D eigenvalue weighted by molar-refractivity contribution is 5.92. The molecule has 19 heavy (non-hydrogen) atoms. The molecule has 1 aromatic rings. The molecule has 0 unspecified atom stereocenters. The van der Waals surface area contributed by atoms with E-state index in [2.05, 4.69) is 15.5 Å². The summed E-state index contributed by atoms with van der Waals surface area (Å²) in [5.41, 5.74) is 0.383. The van der Waals surface area contributed by atoms with Crippen molar-refractivity contribution in [3.8, 4) is 0 Å². The molecule has 1 aromatic heterocycles. The first-order valence-corrected chi connectivity index (χ1v) is 6.55. The van der Waals surface area contributed by atoms with E-state index in [1.165, 1.54) is 0 Å². The number of rotatable bonds is 4. The first-order valence-electron chi connectivity index (χ1n) is 6.55. The molecule has 6 heteroatoms. The van der Waals surface area contributed by atoms with Crippen LogP contribution in [-0.4, -0.2) is 54.9 Å². The summed E-state index contributed by atoms with van der Waals surface area (Å²) < 4.78 is 5.32. The highest BCUT2D eigenvalue weighted by Crippen LogP contribution is 2.16. The van der Waals surface area contributed by atoms with Gasteiger partial charge in [0.2, 0.25) is 0 Å². The van der Waals surface area contributed by atoms with E-state index in [1.807, 2.05) is 7.05 Å². The van der Waals surface area contributed by atoms with Gasteiger partial charge in [0.05, 0.1) is 0 Å². The quantitative estimate of drug-likeness (QED) is 0.879. The van der Waals surface area contributed by atoms with Gasteiger partial charge in [-0.25, -0.2) is 0 Å². The molecule has 0 aromatic carbocycles. The maximum absolute atomic E-state index is 12.2. The average molecular weight is 264 g/mol. The minimum Gasteiger partial charge on any atom is -0.381 e. The number of amides is 1. The monoisotopic (exact) mass is 264 g/mol. The molecule has 0 aliphatic carbocycles. The molecule has 2 rings (SSSR count). The number of ether oxygens (including phenoxy) is 1. The van der Waals surface area contributed by atoms with Crippen LogP contribution in [0.1, 0.15) is 23.3 Å². The molecule has 0 radical (unpaired) electrons. The van der Waals surface area contributed by atoms with E-state index in [-0.39, 0.29) is 5.91 Å². The Kier molecular flexibility index (Phi) is 4.68. The molecular weight excluding hydrogens is 244 g/mol. The van der Waals surface area contributed by atoms with Gasteiger partial charge in [-0.2, -0.15) is 0 Å². The van der Waals surface area contributed by atoms with E-state index in [9.17, 15) is 4.79 Å². The molecule has 1 saturated heterocycles. The third kappa shape index (κ3) is 3.64. The number of aromatic nitrogens is 2. The zero-order chi connectivity index (χ0) is 13.7. The predicted octanol–water partition coefficient (Wildman–Crippen LogP) is 1.02. The summed E-state index contributed by atoms with van der Waals surface area (Å²) in [5.74, 6) is 1.09. The largest absolute Gasteiger partial charge is 0.381 e. The maximum atomic E-state index is 12.2. The van der Waals surface area contributed by atoms with E-state index < -0.39 is 0 Å². The Balaban J connectivity index is 1.93. The number of nitrogens with one attached hydrogen (secondary N) is 1. The van der Waals surface area contributed by atoms with Crippen molar-refractivity contribution in [2.75, 3.05) is 39.2 Å². The second-order valence-corrected chi connectivity index (χ2v) is 4.80. The standard InChI is InChI=1S/C13H20N4O2/c1-14-12-4-3-11(15-16-12)13(18)17(2)9-10-5-7-19-8-6-10/h3-4,10H,5-9H2,1-2H3,(H,14,16). The molecule has 0 atom stereocenters. The van der Waals surface area contributed by atoms with Crippen molar-refractivity contribution >= 4 is 11.7 Å². The van der Waals surface area contributed by atoms with Crippen LogP contribution in [0.3, 0.4) is 0 Å². The van der Waals surface area contributed by atoms with Crippen LogP contribution in [0.15, 0.2) is 12.1 Å². The molecule has 1 amide bonds. The first kappa shape index (κ1) is 13.7. The van der Waals surface area contributed by atoms with Crippen molar-refractivity contribution in [2.24, 2.45) is 5.92 Å². The van der Waals surface area contributed by atoms with Crippen LogP contribution >= 0.6 is 0 Å². The van der Waals surface area contributed by atoms with Crippen molar-refractivity contribution in [3.05, 3.63) is 17.8 Å². The van der Waals surface area contributed by atoms with E-state index in [0.29, 0.717) is 17.4 Å². The second kappa shape index (κ2) is 6.47. The van der Waals surface area contributed by atoms with Crippen LogP contribution in [-0.2, 0) is 4.74 Å². The summed E-state index contributed by atoms with van der Waals surface area (Å²) in [5, 5.41) is 10.7. The Bertz CT molecular complexity index is 415. The van der Waals surface area contributed by atoms with Crippen LogP contribution in [0.4, 0.5) is 5.82 Å². The van der Waals surface area contributed by atoms with Crippen molar-refractivity contribution in [3.63, 3.8) is 0 Å². The summed E-state index contributed by atoms with van der Waals surface area (Å²) >= 11 is 0. The number of anilines is 1. The number of carbonyl (C=O) groups excluding carboxylic acids is 1. The Morgan fingerprint density at radius 3 is 2.74 bits per heavy atom. The van der Waals surface area contributed by atoms with Gasteiger partial charge >= 0.3 is 0 Å². The zero-order valence-electron chi connectivity index (χ0n) is 11.4. The Morgan fingerprint density at radius 2 is 2.16 bits per heavy atom. The van der Waals surface area contributed by atoms with Crippen molar-refractivity contribution < 1.29 is 9.53 Å². The average Bonchev–Trinajstić information content (AvgIpc) is 2.47. The normalized spacial score (nSPS) is 16.1. The molecule has 104 valence electrons. The molecule has 1 aliphatic heterocycles. The van der Waals surface area contributed by atoms with Crippen LogP contribution in [0, 0.1) is 5.92 Å². The highest BCUT2D eigenvalue weighted by atomic mass is 16.5. The first-order chi connectivity index (χ1) is 9.20. The van der Waals surface area contributed by atoms with Crippen LogP contribution < -0.4 is 5.32 Å². The molecular formula is C13H20N4O2. The molecule has 1 fully saturated rings. The smallest absolute Gasteiger partial charge is 0.274 e.